The number of ether oxygens (including phenoxy) is 2. The van der Waals surface area contributed by atoms with E-state index >= 15 is 0 Å². The number of aryl methyl sites for hydroxylation is 1. The summed E-state index contributed by atoms with van der Waals surface area (Å²) >= 11 is 0. The number of hydrogen-bond acceptors (Lipinski definition) is 6. The van der Waals surface area contributed by atoms with E-state index in [1.54, 1.807) is 20.3 Å². The third-order valence-corrected chi connectivity index (χ3v) is 2.91. The fourth-order valence-corrected chi connectivity index (χ4v) is 1.73. The minimum atomic E-state index is -1.18. The zero-order valence-electron chi connectivity index (χ0n) is 14.2. The highest BCUT2D eigenvalue weighted by atomic mass is 16.5. The van der Waals surface area contributed by atoms with Gasteiger partial charge in [0.1, 0.15) is 5.76 Å². The molecule has 7 heteroatoms. The lowest BCUT2D eigenvalue weighted by molar-refractivity contribution is -0.140. The average Bonchev–Trinajstić information content (AvgIpc) is 3.11. The molecule has 1 aliphatic heterocycles. The Hall–Kier alpha value is -1.67. The lowest BCUT2D eigenvalue weighted by Crippen LogP contribution is -2.45. The van der Waals surface area contributed by atoms with Crippen LogP contribution in [0.5, 0.6) is 0 Å². The van der Waals surface area contributed by atoms with Crippen LogP contribution < -0.4 is 0 Å². The lowest BCUT2D eigenvalue weighted by Gasteiger charge is -2.29. The zero-order chi connectivity index (χ0) is 17.7. The molecule has 0 aromatic carbocycles. The Morgan fingerprint density at radius 1 is 1.30 bits per heavy atom. The molecule has 0 saturated carbocycles. The maximum Gasteiger partial charge on any atom is 0.248 e. The smallest absolute Gasteiger partial charge is 0.248 e. The van der Waals surface area contributed by atoms with E-state index in [1.807, 2.05) is 19.1 Å². The topological polar surface area (TPSA) is 92.4 Å². The molecule has 1 atom stereocenters. The summed E-state index contributed by atoms with van der Waals surface area (Å²) in [6.07, 6.45) is 4.51. The molecule has 1 aromatic heterocycles. The van der Waals surface area contributed by atoms with Crippen molar-refractivity contribution in [3.8, 4) is 0 Å². The Balaban J connectivity index is 0.000000501. The first-order valence-corrected chi connectivity index (χ1v) is 7.22. The van der Waals surface area contributed by atoms with E-state index in [9.17, 15) is 9.90 Å². The number of furan rings is 1. The Morgan fingerprint density at radius 2 is 2.00 bits per heavy atom. The van der Waals surface area contributed by atoms with E-state index in [2.05, 4.69) is 0 Å². The molecule has 1 aliphatic rings. The van der Waals surface area contributed by atoms with E-state index in [4.69, 9.17) is 19.0 Å². The van der Waals surface area contributed by atoms with Crippen LogP contribution in [0.1, 0.15) is 12.7 Å². The summed E-state index contributed by atoms with van der Waals surface area (Å²) in [7, 11) is 2.60. The SMILES string of the molecule is CO.COCCOCCN1C(=O)C=CC1(C)O.Cc1ccco1. The van der Waals surface area contributed by atoms with E-state index in [-0.39, 0.29) is 5.91 Å². The minimum Gasteiger partial charge on any atom is -0.470 e. The number of amides is 1. The summed E-state index contributed by atoms with van der Waals surface area (Å²) in [5.41, 5.74) is -1.18. The summed E-state index contributed by atoms with van der Waals surface area (Å²) in [6.45, 7) is 5.29. The second-order valence-corrected chi connectivity index (χ2v) is 4.75. The number of methoxy groups -OCH3 is 1. The molecule has 0 radical (unpaired) electrons. The van der Waals surface area contributed by atoms with Gasteiger partial charge >= 0.3 is 0 Å². The molecule has 0 fully saturated rings. The number of rotatable bonds is 6. The van der Waals surface area contributed by atoms with Crippen LogP contribution in [-0.4, -0.2) is 67.3 Å². The van der Waals surface area contributed by atoms with Gasteiger partial charge in [0.25, 0.3) is 0 Å². The highest BCUT2D eigenvalue weighted by molar-refractivity contribution is 5.91. The number of nitrogens with zero attached hydrogens (tertiary/aromatic N) is 1. The quantitative estimate of drug-likeness (QED) is 0.755. The van der Waals surface area contributed by atoms with Crippen molar-refractivity contribution in [2.24, 2.45) is 0 Å². The van der Waals surface area contributed by atoms with Gasteiger partial charge in [-0.15, -0.1) is 0 Å². The van der Waals surface area contributed by atoms with Gasteiger partial charge in [0.2, 0.25) is 5.91 Å². The van der Waals surface area contributed by atoms with Crippen molar-refractivity contribution in [3.63, 3.8) is 0 Å². The van der Waals surface area contributed by atoms with Gasteiger partial charge in [-0.05, 0) is 32.1 Å². The van der Waals surface area contributed by atoms with Gasteiger partial charge < -0.3 is 29.0 Å². The largest absolute Gasteiger partial charge is 0.470 e. The van der Waals surface area contributed by atoms with Gasteiger partial charge in [-0.25, -0.2) is 0 Å². The molecule has 0 bridgehead atoms. The zero-order valence-corrected chi connectivity index (χ0v) is 14.2. The number of aliphatic hydroxyl groups is 2. The van der Waals surface area contributed by atoms with Gasteiger partial charge in [0, 0.05) is 26.8 Å². The molecule has 0 spiro atoms. The van der Waals surface area contributed by atoms with Crippen LogP contribution in [0.3, 0.4) is 0 Å². The normalized spacial score (nSPS) is 19.0. The predicted octanol–water partition coefficient (Wildman–Crippen LogP) is 0.953. The van der Waals surface area contributed by atoms with Crippen molar-refractivity contribution < 1.29 is 28.9 Å². The molecule has 0 saturated heterocycles. The highest BCUT2D eigenvalue weighted by Gasteiger charge is 2.34. The van der Waals surface area contributed by atoms with Crippen LogP contribution >= 0.6 is 0 Å². The fraction of sp³-hybridized carbons (Fsp3) is 0.562. The van der Waals surface area contributed by atoms with Crippen LogP contribution in [0.2, 0.25) is 0 Å². The van der Waals surface area contributed by atoms with Gasteiger partial charge in [0.05, 0.1) is 26.1 Å². The van der Waals surface area contributed by atoms with Crippen LogP contribution in [0, 0.1) is 6.92 Å². The van der Waals surface area contributed by atoms with Crippen LogP contribution in [-0.2, 0) is 14.3 Å². The van der Waals surface area contributed by atoms with Crippen molar-refractivity contribution in [2.45, 2.75) is 19.6 Å². The summed E-state index contributed by atoms with van der Waals surface area (Å²) in [5.74, 6) is 0.783. The molecule has 1 amide bonds. The molecule has 1 aromatic rings. The summed E-state index contributed by atoms with van der Waals surface area (Å²) in [5, 5.41) is 16.8. The second-order valence-electron chi connectivity index (χ2n) is 4.75. The van der Waals surface area contributed by atoms with E-state index in [0.29, 0.717) is 26.4 Å². The Bertz CT molecular complexity index is 441. The fourth-order valence-electron chi connectivity index (χ4n) is 1.73. The predicted molar refractivity (Wildman–Crippen MR) is 85.8 cm³/mol. The number of aliphatic hydroxyl groups excluding tert-OH is 1. The third kappa shape index (κ3) is 8.51. The van der Waals surface area contributed by atoms with Crippen molar-refractivity contribution >= 4 is 5.91 Å². The molecule has 2 rings (SSSR count). The maximum absolute atomic E-state index is 11.3. The van der Waals surface area contributed by atoms with Gasteiger partial charge in [-0.1, -0.05) is 0 Å². The number of hydrogen-bond donors (Lipinski definition) is 2. The number of carbonyl (C=O) groups excluding carboxylic acids is 1. The molecule has 132 valence electrons. The molecule has 2 N–H and O–H groups in total. The van der Waals surface area contributed by atoms with Crippen molar-refractivity contribution in [1.82, 2.24) is 4.90 Å². The van der Waals surface area contributed by atoms with Crippen molar-refractivity contribution in [1.29, 1.82) is 0 Å². The molecular formula is C16H27NO6. The van der Waals surface area contributed by atoms with Crippen molar-refractivity contribution in [3.05, 3.63) is 36.3 Å². The molecule has 0 aliphatic carbocycles. The van der Waals surface area contributed by atoms with Crippen LogP contribution in [0.15, 0.2) is 35.0 Å². The van der Waals surface area contributed by atoms with Gasteiger partial charge in [0.15, 0.2) is 5.72 Å². The summed E-state index contributed by atoms with van der Waals surface area (Å²) < 4.78 is 14.9. The summed E-state index contributed by atoms with van der Waals surface area (Å²) in [4.78, 5) is 12.7. The average molecular weight is 329 g/mol. The standard InChI is InChI=1S/C10H17NO4.C5H6O.CH4O/c1-10(13)4-3-9(12)11(10)5-6-15-8-7-14-2;1-5-3-2-4-6-5;1-2/h3-4,13H,5-8H2,1-2H3;2-4H,1H3;2H,1H3. The monoisotopic (exact) mass is 329 g/mol. The van der Waals surface area contributed by atoms with Crippen molar-refractivity contribution in [2.75, 3.05) is 40.6 Å². The van der Waals surface area contributed by atoms with E-state index in [0.717, 1.165) is 12.9 Å². The second kappa shape index (κ2) is 11.8. The molecule has 7 nitrogen and oxygen atoms in total. The van der Waals surface area contributed by atoms with E-state index in [1.165, 1.54) is 17.1 Å². The van der Waals surface area contributed by atoms with Gasteiger partial charge in [-0.2, -0.15) is 0 Å². The molecule has 2 heterocycles. The lowest BCUT2D eigenvalue weighted by atomic mass is 10.2. The molecule has 1 unspecified atom stereocenters. The third-order valence-electron chi connectivity index (χ3n) is 2.91. The number of carbonyl (C=O) groups is 1. The van der Waals surface area contributed by atoms with E-state index < -0.39 is 5.72 Å². The van der Waals surface area contributed by atoms with Crippen LogP contribution in [0.4, 0.5) is 0 Å². The van der Waals surface area contributed by atoms with Crippen LogP contribution in [0.25, 0.3) is 0 Å². The molecular weight excluding hydrogens is 302 g/mol. The maximum atomic E-state index is 11.3. The molecule has 23 heavy (non-hydrogen) atoms. The first kappa shape index (κ1) is 21.3. The minimum absolute atomic E-state index is 0.185. The Labute approximate surface area is 137 Å². The first-order valence-electron chi connectivity index (χ1n) is 7.22. The highest BCUT2D eigenvalue weighted by Crippen LogP contribution is 2.19. The Morgan fingerprint density at radius 3 is 2.39 bits per heavy atom. The Kier molecular flexibility index (Phi) is 11.0. The first-order chi connectivity index (χ1) is 11.0. The van der Waals surface area contributed by atoms with Gasteiger partial charge in [-0.3, -0.25) is 4.79 Å². The summed E-state index contributed by atoms with van der Waals surface area (Å²) in [6, 6.07) is 3.79.